The van der Waals surface area contributed by atoms with E-state index in [0.717, 1.165) is 26.2 Å². The Labute approximate surface area is 119 Å². The Morgan fingerprint density at radius 3 is 2.47 bits per heavy atom. The molecule has 3 heteroatoms. The van der Waals surface area contributed by atoms with Gasteiger partial charge in [-0.25, -0.2) is 0 Å². The van der Waals surface area contributed by atoms with Crippen LogP contribution in [0.4, 0.5) is 0 Å². The molecule has 1 rings (SSSR count). The molecule has 0 amide bonds. The molecule has 19 heavy (non-hydrogen) atoms. The highest BCUT2D eigenvalue weighted by Gasteiger charge is 2.29. The van der Waals surface area contributed by atoms with Gasteiger partial charge in [-0.1, -0.05) is 33.6 Å². The molecule has 0 aromatic heterocycles. The van der Waals surface area contributed by atoms with Crippen LogP contribution in [0.25, 0.3) is 0 Å². The molecular formula is C16H34N2O. The molecule has 1 aliphatic rings. The van der Waals surface area contributed by atoms with Gasteiger partial charge in [0.2, 0.25) is 0 Å². The van der Waals surface area contributed by atoms with Crippen molar-refractivity contribution in [3.8, 4) is 0 Å². The zero-order chi connectivity index (χ0) is 14.1. The second-order valence-electron chi connectivity index (χ2n) is 6.47. The molecule has 0 aromatic carbocycles. The fourth-order valence-corrected chi connectivity index (χ4v) is 3.14. The van der Waals surface area contributed by atoms with Crippen molar-refractivity contribution in [1.29, 1.82) is 0 Å². The number of hydrogen-bond acceptors (Lipinski definition) is 3. The summed E-state index contributed by atoms with van der Waals surface area (Å²) in [4.78, 5) is 2.55. The maximum absolute atomic E-state index is 9.32. The van der Waals surface area contributed by atoms with Crippen molar-refractivity contribution in [2.24, 2.45) is 5.41 Å². The van der Waals surface area contributed by atoms with E-state index in [1.807, 2.05) is 0 Å². The number of hydrogen-bond donors (Lipinski definition) is 2. The van der Waals surface area contributed by atoms with E-state index < -0.39 is 0 Å². The molecule has 1 saturated carbocycles. The first-order chi connectivity index (χ1) is 9.15. The molecule has 0 spiro atoms. The molecule has 1 aliphatic carbocycles. The summed E-state index contributed by atoms with van der Waals surface area (Å²) in [5.74, 6) is 0. The van der Waals surface area contributed by atoms with Gasteiger partial charge in [-0.15, -0.1) is 0 Å². The van der Waals surface area contributed by atoms with Crippen LogP contribution in [0, 0.1) is 5.41 Å². The highest BCUT2D eigenvalue weighted by Crippen LogP contribution is 2.28. The Kier molecular flexibility index (Phi) is 7.96. The molecule has 114 valence electrons. The van der Waals surface area contributed by atoms with Gasteiger partial charge in [0.25, 0.3) is 0 Å². The maximum Gasteiger partial charge on any atom is 0.0558 e. The zero-order valence-electron chi connectivity index (χ0n) is 13.2. The van der Waals surface area contributed by atoms with Crippen molar-refractivity contribution in [2.75, 3.05) is 32.8 Å². The van der Waals surface area contributed by atoms with Crippen molar-refractivity contribution < 1.29 is 5.11 Å². The number of nitrogens with zero attached hydrogens (tertiary/aromatic N) is 1. The van der Waals surface area contributed by atoms with Gasteiger partial charge in [-0.2, -0.15) is 0 Å². The molecule has 0 radical (unpaired) electrons. The van der Waals surface area contributed by atoms with Crippen molar-refractivity contribution >= 4 is 0 Å². The molecule has 0 heterocycles. The Hall–Kier alpha value is -0.120. The standard InChI is InChI=1S/C16H34N2O/c1-4-10-17-13-16(3,5-2)14-18(11-12-19)15-8-6-7-9-15/h15,17,19H,4-14H2,1-3H3. The third-order valence-corrected chi connectivity index (χ3v) is 4.65. The summed E-state index contributed by atoms with van der Waals surface area (Å²) < 4.78 is 0. The van der Waals surface area contributed by atoms with E-state index in [2.05, 4.69) is 31.0 Å². The van der Waals surface area contributed by atoms with Crippen LogP contribution in [0.15, 0.2) is 0 Å². The number of rotatable bonds is 10. The second kappa shape index (κ2) is 8.93. The predicted octanol–water partition coefficient (Wildman–Crippen LogP) is 2.64. The van der Waals surface area contributed by atoms with Crippen molar-refractivity contribution in [3.63, 3.8) is 0 Å². The SMILES string of the molecule is CCCNCC(C)(CC)CN(CCO)C1CCCC1. The molecule has 2 N–H and O–H groups in total. The minimum atomic E-state index is 0.290. The number of aliphatic hydroxyl groups is 1. The van der Waals surface area contributed by atoms with Gasteiger partial charge in [0.1, 0.15) is 0 Å². The smallest absolute Gasteiger partial charge is 0.0558 e. The zero-order valence-corrected chi connectivity index (χ0v) is 13.2. The minimum absolute atomic E-state index is 0.290. The first-order valence-corrected chi connectivity index (χ1v) is 8.21. The van der Waals surface area contributed by atoms with E-state index in [9.17, 15) is 5.11 Å². The fraction of sp³-hybridized carbons (Fsp3) is 1.00. The molecule has 1 fully saturated rings. The molecule has 1 atom stereocenters. The molecule has 0 aliphatic heterocycles. The topological polar surface area (TPSA) is 35.5 Å². The van der Waals surface area contributed by atoms with E-state index in [0.29, 0.717) is 18.1 Å². The minimum Gasteiger partial charge on any atom is -0.395 e. The summed E-state index contributed by atoms with van der Waals surface area (Å²) in [5, 5.41) is 12.9. The largest absolute Gasteiger partial charge is 0.395 e. The van der Waals surface area contributed by atoms with Crippen molar-refractivity contribution in [2.45, 2.75) is 65.3 Å². The van der Waals surface area contributed by atoms with Crippen LogP contribution in [0.2, 0.25) is 0 Å². The van der Waals surface area contributed by atoms with E-state index in [-0.39, 0.29) is 0 Å². The maximum atomic E-state index is 9.32. The lowest BCUT2D eigenvalue weighted by Gasteiger charge is -2.38. The van der Waals surface area contributed by atoms with Gasteiger partial charge >= 0.3 is 0 Å². The van der Waals surface area contributed by atoms with Gasteiger partial charge < -0.3 is 10.4 Å². The van der Waals surface area contributed by atoms with Crippen LogP contribution in [0.5, 0.6) is 0 Å². The molecule has 0 aromatic rings. The predicted molar refractivity (Wildman–Crippen MR) is 82.5 cm³/mol. The Morgan fingerprint density at radius 2 is 1.95 bits per heavy atom. The Morgan fingerprint density at radius 1 is 1.26 bits per heavy atom. The van der Waals surface area contributed by atoms with Crippen LogP contribution < -0.4 is 5.32 Å². The van der Waals surface area contributed by atoms with E-state index in [1.165, 1.54) is 38.5 Å². The summed E-state index contributed by atoms with van der Waals surface area (Å²) in [6.07, 6.45) is 7.76. The Balaban J connectivity index is 2.52. The highest BCUT2D eigenvalue weighted by atomic mass is 16.3. The number of nitrogens with one attached hydrogen (secondary N) is 1. The average molecular weight is 270 g/mol. The summed E-state index contributed by atoms with van der Waals surface area (Å²) in [5.41, 5.74) is 0.326. The van der Waals surface area contributed by atoms with Crippen LogP contribution in [0.3, 0.4) is 0 Å². The molecule has 3 nitrogen and oxygen atoms in total. The van der Waals surface area contributed by atoms with Crippen LogP contribution in [-0.4, -0.2) is 48.8 Å². The van der Waals surface area contributed by atoms with E-state index in [1.54, 1.807) is 0 Å². The second-order valence-corrected chi connectivity index (χ2v) is 6.47. The lowest BCUT2D eigenvalue weighted by atomic mass is 9.86. The lowest BCUT2D eigenvalue weighted by Crippen LogP contribution is -2.46. The van der Waals surface area contributed by atoms with Crippen LogP contribution in [-0.2, 0) is 0 Å². The summed E-state index contributed by atoms with van der Waals surface area (Å²) in [7, 11) is 0. The summed E-state index contributed by atoms with van der Waals surface area (Å²) in [6, 6.07) is 0.712. The van der Waals surface area contributed by atoms with E-state index in [4.69, 9.17) is 0 Å². The summed E-state index contributed by atoms with van der Waals surface area (Å²) >= 11 is 0. The third-order valence-electron chi connectivity index (χ3n) is 4.65. The van der Waals surface area contributed by atoms with Crippen LogP contribution >= 0.6 is 0 Å². The van der Waals surface area contributed by atoms with Crippen molar-refractivity contribution in [1.82, 2.24) is 10.2 Å². The van der Waals surface area contributed by atoms with Gasteiger partial charge in [0.15, 0.2) is 0 Å². The van der Waals surface area contributed by atoms with Crippen LogP contribution in [0.1, 0.15) is 59.3 Å². The van der Waals surface area contributed by atoms with Gasteiger partial charge in [0, 0.05) is 25.7 Å². The first kappa shape index (κ1) is 16.9. The first-order valence-electron chi connectivity index (χ1n) is 8.21. The molecule has 0 bridgehead atoms. The van der Waals surface area contributed by atoms with Crippen molar-refractivity contribution in [3.05, 3.63) is 0 Å². The quantitative estimate of drug-likeness (QED) is 0.599. The Bertz CT molecular complexity index is 229. The van der Waals surface area contributed by atoms with E-state index >= 15 is 0 Å². The molecule has 1 unspecified atom stereocenters. The fourth-order valence-electron chi connectivity index (χ4n) is 3.14. The normalized spacial score (nSPS) is 20.1. The van der Waals surface area contributed by atoms with Gasteiger partial charge in [-0.05, 0) is 37.6 Å². The number of aliphatic hydroxyl groups excluding tert-OH is 1. The lowest BCUT2D eigenvalue weighted by molar-refractivity contribution is 0.0930. The van der Waals surface area contributed by atoms with Gasteiger partial charge in [-0.3, -0.25) is 4.90 Å². The third kappa shape index (κ3) is 5.80. The average Bonchev–Trinajstić information content (AvgIpc) is 2.92. The molecule has 0 saturated heterocycles. The molecular weight excluding hydrogens is 236 g/mol. The monoisotopic (exact) mass is 270 g/mol. The van der Waals surface area contributed by atoms with Gasteiger partial charge in [0.05, 0.1) is 6.61 Å². The highest BCUT2D eigenvalue weighted by molar-refractivity contribution is 4.85. The summed E-state index contributed by atoms with van der Waals surface area (Å²) in [6.45, 7) is 11.3.